The molecule has 0 aliphatic carbocycles. The summed E-state index contributed by atoms with van der Waals surface area (Å²) in [6.07, 6.45) is 3.19. The number of aromatic amines is 1. The van der Waals surface area contributed by atoms with Crippen LogP contribution in [0.2, 0.25) is 0 Å². The molecular formula is C17H19N7O4. The van der Waals surface area contributed by atoms with Gasteiger partial charge in [0.15, 0.2) is 5.82 Å². The Kier molecular flexibility index (Phi) is 5.27. The lowest BCUT2D eigenvalue weighted by Gasteiger charge is -2.12. The van der Waals surface area contributed by atoms with Gasteiger partial charge in [-0.1, -0.05) is 6.07 Å². The van der Waals surface area contributed by atoms with Crippen molar-refractivity contribution in [1.29, 1.82) is 0 Å². The highest BCUT2D eigenvalue weighted by molar-refractivity contribution is 5.74. The van der Waals surface area contributed by atoms with Crippen molar-refractivity contribution in [3.05, 3.63) is 40.9 Å². The third kappa shape index (κ3) is 3.78. The first kappa shape index (κ1) is 18.9. The van der Waals surface area contributed by atoms with E-state index in [0.717, 1.165) is 11.1 Å². The number of anilines is 2. The molecule has 0 aliphatic heterocycles. The molecule has 1 aromatic carbocycles. The van der Waals surface area contributed by atoms with Crippen molar-refractivity contribution in [2.45, 2.75) is 13.5 Å². The summed E-state index contributed by atoms with van der Waals surface area (Å²) in [6.45, 7) is 1.98. The zero-order chi connectivity index (χ0) is 20.3. The van der Waals surface area contributed by atoms with E-state index in [-0.39, 0.29) is 23.9 Å². The fraction of sp³-hybridized carbons (Fsp3) is 0.176. The van der Waals surface area contributed by atoms with E-state index in [4.69, 9.17) is 21.4 Å². The number of nitrogen functional groups attached to an aromatic ring is 2. The molecule has 0 spiro atoms. The van der Waals surface area contributed by atoms with E-state index < -0.39 is 11.5 Å². The van der Waals surface area contributed by atoms with Crippen molar-refractivity contribution < 1.29 is 14.6 Å². The molecule has 2 aromatic heterocycles. The first-order valence-corrected chi connectivity index (χ1v) is 8.31. The monoisotopic (exact) mass is 385 g/mol. The fourth-order valence-electron chi connectivity index (χ4n) is 2.63. The van der Waals surface area contributed by atoms with Crippen LogP contribution >= 0.6 is 0 Å². The summed E-state index contributed by atoms with van der Waals surface area (Å²) >= 11 is 0. The summed E-state index contributed by atoms with van der Waals surface area (Å²) < 4.78 is 7.03. The number of ether oxygens (including phenoxy) is 1. The third-order valence-corrected chi connectivity index (χ3v) is 3.89. The maximum Gasteiger partial charge on any atom is 0.325 e. The quantitative estimate of drug-likeness (QED) is 0.289. The standard InChI is InChI=1S/C17H19N7O4/c1-2-28-12-5-9(10-6-20-24(7-10)8-13(25)26)3-4-11(12)15-21-16(23-19)14(18)17(27)22-15/h3-7H,2,8,18-19H2,1H3,(H,25,26)(H2,21,22,23,27). The predicted molar refractivity (Wildman–Crippen MR) is 103 cm³/mol. The molecule has 11 nitrogen and oxygen atoms in total. The van der Waals surface area contributed by atoms with Crippen LogP contribution in [-0.4, -0.2) is 37.4 Å². The van der Waals surface area contributed by atoms with Crippen molar-refractivity contribution in [3.8, 4) is 28.3 Å². The molecule has 0 amide bonds. The SMILES string of the molecule is CCOc1cc(-c2cnn(CC(=O)O)c2)ccc1-c1nc(NN)c(N)c(=O)[nH]1. The summed E-state index contributed by atoms with van der Waals surface area (Å²) in [4.78, 5) is 29.7. The average molecular weight is 385 g/mol. The highest BCUT2D eigenvalue weighted by atomic mass is 16.5. The van der Waals surface area contributed by atoms with Crippen LogP contribution < -0.4 is 27.3 Å². The molecule has 0 radical (unpaired) electrons. The first-order valence-electron chi connectivity index (χ1n) is 8.31. The van der Waals surface area contributed by atoms with Crippen LogP contribution in [0.4, 0.5) is 11.5 Å². The van der Waals surface area contributed by atoms with Gasteiger partial charge in [-0.15, -0.1) is 0 Å². The summed E-state index contributed by atoms with van der Waals surface area (Å²) in [7, 11) is 0. The van der Waals surface area contributed by atoms with E-state index in [0.29, 0.717) is 17.9 Å². The second-order valence-electron chi connectivity index (χ2n) is 5.79. The molecule has 11 heteroatoms. The lowest BCUT2D eigenvalue weighted by molar-refractivity contribution is -0.137. The molecule has 0 saturated heterocycles. The summed E-state index contributed by atoms with van der Waals surface area (Å²) in [5.74, 6) is 5.16. The van der Waals surface area contributed by atoms with Crippen molar-refractivity contribution in [3.63, 3.8) is 0 Å². The van der Waals surface area contributed by atoms with E-state index >= 15 is 0 Å². The van der Waals surface area contributed by atoms with Gasteiger partial charge >= 0.3 is 5.97 Å². The predicted octanol–water partition coefficient (Wildman–Crippen LogP) is 0.652. The molecule has 7 N–H and O–H groups in total. The van der Waals surface area contributed by atoms with Crippen LogP contribution in [0.3, 0.4) is 0 Å². The number of rotatable bonds is 7. The number of aliphatic carboxylic acids is 1. The molecule has 146 valence electrons. The number of hydrogen-bond donors (Lipinski definition) is 5. The van der Waals surface area contributed by atoms with Gasteiger partial charge in [-0.3, -0.25) is 14.3 Å². The normalized spacial score (nSPS) is 10.6. The van der Waals surface area contributed by atoms with Crippen LogP contribution in [0.1, 0.15) is 6.92 Å². The van der Waals surface area contributed by atoms with Gasteiger partial charge in [0.25, 0.3) is 5.56 Å². The molecule has 0 fully saturated rings. The van der Waals surface area contributed by atoms with Crippen molar-refractivity contribution in [2.75, 3.05) is 17.8 Å². The number of hydrazine groups is 1. The molecule has 0 saturated carbocycles. The summed E-state index contributed by atoms with van der Waals surface area (Å²) in [5, 5.41) is 12.9. The molecule has 0 atom stereocenters. The van der Waals surface area contributed by atoms with Crippen LogP contribution in [-0.2, 0) is 11.3 Å². The minimum absolute atomic E-state index is 0.0558. The summed E-state index contributed by atoms with van der Waals surface area (Å²) in [5.41, 5.74) is 9.31. The number of hydrogen-bond acceptors (Lipinski definition) is 8. The Morgan fingerprint density at radius 3 is 2.86 bits per heavy atom. The lowest BCUT2D eigenvalue weighted by atomic mass is 10.1. The number of nitrogens with one attached hydrogen (secondary N) is 2. The van der Waals surface area contributed by atoms with E-state index in [1.165, 1.54) is 4.68 Å². The lowest BCUT2D eigenvalue weighted by Crippen LogP contribution is -2.20. The number of carbonyl (C=O) groups is 1. The van der Waals surface area contributed by atoms with E-state index in [9.17, 15) is 9.59 Å². The Morgan fingerprint density at radius 1 is 1.39 bits per heavy atom. The van der Waals surface area contributed by atoms with Crippen molar-refractivity contribution in [1.82, 2.24) is 19.7 Å². The van der Waals surface area contributed by atoms with Crippen molar-refractivity contribution >= 4 is 17.5 Å². The van der Waals surface area contributed by atoms with Gasteiger partial charge in [0.05, 0.1) is 18.4 Å². The Morgan fingerprint density at radius 2 is 2.18 bits per heavy atom. The second-order valence-corrected chi connectivity index (χ2v) is 5.79. The van der Waals surface area contributed by atoms with Crippen LogP contribution in [0.15, 0.2) is 35.4 Å². The largest absolute Gasteiger partial charge is 0.493 e. The minimum Gasteiger partial charge on any atom is -0.493 e. The highest BCUT2D eigenvalue weighted by Crippen LogP contribution is 2.33. The zero-order valence-electron chi connectivity index (χ0n) is 15.0. The number of nitrogens with zero attached hydrogens (tertiary/aromatic N) is 3. The average Bonchev–Trinajstić information content (AvgIpc) is 3.12. The molecule has 0 aliphatic rings. The highest BCUT2D eigenvalue weighted by Gasteiger charge is 2.15. The zero-order valence-corrected chi connectivity index (χ0v) is 15.0. The van der Waals surface area contributed by atoms with Gasteiger partial charge in [-0.05, 0) is 24.6 Å². The minimum atomic E-state index is -0.984. The van der Waals surface area contributed by atoms with Crippen LogP contribution in [0.25, 0.3) is 22.5 Å². The molecule has 3 rings (SSSR count). The smallest absolute Gasteiger partial charge is 0.325 e. The maximum absolute atomic E-state index is 12.0. The molecule has 0 bridgehead atoms. The number of nitrogens with two attached hydrogens (primary N) is 2. The molecule has 0 unspecified atom stereocenters. The van der Waals surface area contributed by atoms with Gasteiger partial charge in [0, 0.05) is 11.8 Å². The van der Waals surface area contributed by atoms with Crippen LogP contribution in [0.5, 0.6) is 5.75 Å². The molecule has 2 heterocycles. The summed E-state index contributed by atoms with van der Waals surface area (Å²) in [6, 6.07) is 5.27. The van der Waals surface area contributed by atoms with Crippen LogP contribution in [0, 0.1) is 0 Å². The van der Waals surface area contributed by atoms with Gasteiger partial charge < -0.3 is 26.0 Å². The number of carboxylic acid groups (broad SMARTS) is 1. The maximum atomic E-state index is 12.0. The third-order valence-electron chi connectivity index (χ3n) is 3.89. The Bertz CT molecular complexity index is 1070. The number of H-pyrrole nitrogens is 1. The van der Waals surface area contributed by atoms with Gasteiger partial charge in [0.1, 0.15) is 23.8 Å². The first-order chi connectivity index (χ1) is 13.4. The van der Waals surface area contributed by atoms with E-state index in [1.54, 1.807) is 30.6 Å². The van der Waals surface area contributed by atoms with Crippen molar-refractivity contribution in [2.24, 2.45) is 5.84 Å². The Balaban J connectivity index is 2.05. The second kappa shape index (κ2) is 7.80. The number of carboxylic acids is 1. The molecular weight excluding hydrogens is 366 g/mol. The molecule has 3 aromatic rings. The van der Waals surface area contributed by atoms with Gasteiger partial charge in [-0.2, -0.15) is 5.10 Å². The van der Waals surface area contributed by atoms with Gasteiger partial charge in [-0.25, -0.2) is 10.8 Å². The fourth-order valence-corrected chi connectivity index (χ4v) is 2.63. The van der Waals surface area contributed by atoms with E-state index in [1.807, 2.05) is 6.92 Å². The number of aromatic nitrogens is 4. The number of benzene rings is 1. The van der Waals surface area contributed by atoms with E-state index in [2.05, 4.69) is 20.5 Å². The Hall–Kier alpha value is -3.86. The Labute approximate surface area is 158 Å². The van der Waals surface area contributed by atoms with Gasteiger partial charge in [0.2, 0.25) is 0 Å². The molecule has 28 heavy (non-hydrogen) atoms. The topological polar surface area (TPSA) is 174 Å².